The van der Waals surface area contributed by atoms with Crippen molar-refractivity contribution in [1.82, 2.24) is 24.1 Å². The monoisotopic (exact) mass is 298 g/mol. The molecule has 0 saturated carbocycles. The predicted molar refractivity (Wildman–Crippen MR) is 79.0 cm³/mol. The van der Waals surface area contributed by atoms with Crippen LogP contribution in [0.15, 0.2) is 41.4 Å². The van der Waals surface area contributed by atoms with Gasteiger partial charge in [0.15, 0.2) is 0 Å². The van der Waals surface area contributed by atoms with Gasteiger partial charge in [0.05, 0.1) is 5.56 Å². The highest BCUT2D eigenvalue weighted by atomic mass is 32.1. The lowest BCUT2D eigenvalue weighted by Gasteiger charge is -2.03. The second kappa shape index (κ2) is 4.69. The number of rotatable bonds is 3. The second-order valence-corrected chi connectivity index (χ2v) is 5.57. The van der Waals surface area contributed by atoms with E-state index < -0.39 is 0 Å². The van der Waals surface area contributed by atoms with E-state index in [1.165, 1.54) is 22.9 Å². The van der Waals surface area contributed by atoms with Gasteiger partial charge in [0, 0.05) is 28.8 Å². The Hall–Kier alpha value is -2.25. The van der Waals surface area contributed by atoms with E-state index in [2.05, 4.69) is 25.6 Å². The van der Waals surface area contributed by atoms with Crippen LogP contribution in [0.5, 0.6) is 0 Å². The van der Waals surface area contributed by atoms with Crippen molar-refractivity contribution in [3.63, 3.8) is 0 Å². The number of H-pyrrole nitrogens is 1. The number of nitrogens with zero attached hydrogens (tertiary/aromatic N) is 4. The summed E-state index contributed by atoms with van der Waals surface area (Å²) in [6, 6.07) is 5.93. The largest absolute Gasteiger partial charge is 0.361 e. The first-order valence-electron chi connectivity index (χ1n) is 5.88. The average Bonchev–Trinajstić information content (AvgIpc) is 3.23. The summed E-state index contributed by atoms with van der Waals surface area (Å²) in [4.78, 5) is 7.50. The van der Waals surface area contributed by atoms with Crippen LogP contribution in [0.1, 0.15) is 0 Å². The van der Waals surface area contributed by atoms with Crippen LogP contribution < -0.4 is 0 Å². The molecule has 0 aliphatic rings. The van der Waals surface area contributed by atoms with E-state index in [-0.39, 0.29) is 0 Å². The van der Waals surface area contributed by atoms with Gasteiger partial charge in [-0.3, -0.25) is 0 Å². The zero-order valence-corrected chi connectivity index (χ0v) is 11.8. The zero-order valence-electron chi connectivity index (χ0n) is 10.1. The Morgan fingerprint density at radius 1 is 1.25 bits per heavy atom. The molecule has 0 fully saturated rings. The first-order chi connectivity index (χ1) is 9.93. The van der Waals surface area contributed by atoms with Crippen molar-refractivity contribution in [2.24, 2.45) is 0 Å². The SMILES string of the molecule is [c]1nn(-c2nccs2)c(-c2ccsn2)c1-c1ccc[nH]1. The van der Waals surface area contributed by atoms with E-state index in [9.17, 15) is 0 Å². The van der Waals surface area contributed by atoms with Gasteiger partial charge < -0.3 is 4.98 Å². The molecule has 0 bridgehead atoms. The number of thiazole rings is 1. The van der Waals surface area contributed by atoms with Crippen molar-refractivity contribution >= 4 is 22.9 Å². The van der Waals surface area contributed by atoms with Gasteiger partial charge in [0.1, 0.15) is 17.6 Å². The Morgan fingerprint density at radius 3 is 2.95 bits per heavy atom. The van der Waals surface area contributed by atoms with Crippen molar-refractivity contribution in [2.75, 3.05) is 0 Å². The molecule has 0 saturated heterocycles. The molecule has 5 nitrogen and oxygen atoms in total. The Labute approximate surface area is 122 Å². The van der Waals surface area contributed by atoms with Crippen molar-refractivity contribution < 1.29 is 0 Å². The topological polar surface area (TPSA) is 59.4 Å². The highest BCUT2D eigenvalue weighted by molar-refractivity contribution is 7.12. The molecule has 0 aliphatic heterocycles. The lowest BCUT2D eigenvalue weighted by Crippen LogP contribution is -1.98. The minimum absolute atomic E-state index is 0.807. The van der Waals surface area contributed by atoms with E-state index in [0.717, 1.165) is 27.8 Å². The third kappa shape index (κ3) is 1.79. The standard InChI is InChI=1S/C13H8N5S2/c1-2-10(14-4-1)9-8-16-18(13-15-5-7-19-13)12(9)11-3-6-20-17-11/h1-7,14H. The third-order valence-corrected chi connectivity index (χ3v) is 4.17. The molecule has 0 aromatic carbocycles. The highest BCUT2D eigenvalue weighted by Gasteiger charge is 2.19. The van der Waals surface area contributed by atoms with Crippen LogP contribution in [0.3, 0.4) is 0 Å². The Morgan fingerprint density at radius 2 is 2.25 bits per heavy atom. The first kappa shape index (κ1) is 11.6. The maximum Gasteiger partial charge on any atom is 0.210 e. The van der Waals surface area contributed by atoms with E-state index in [0.29, 0.717) is 0 Å². The van der Waals surface area contributed by atoms with Crippen LogP contribution in [0.2, 0.25) is 0 Å². The van der Waals surface area contributed by atoms with Crippen LogP contribution in [-0.4, -0.2) is 24.1 Å². The third-order valence-electron chi connectivity index (χ3n) is 2.86. The van der Waals surface area contributed by atoms with Crippen LogP contribution in [-0.2, 0) is 0 Å². The minimum Gasteiger partial charge on any atom is -0.361 e. The normalized spacial score (nSPS) is 11.0. The molecule has 0 atom stereocenters. The maximum atomic E-state index is 4.42. The summed E-state index contributed by atoms with van der Waals surface area (Å²) in [7, 11) is 0. The second-order valence-electron chi connectivity index (χ2n) is 4.03. The summed E-state index contributed by atoms with van der Waals surface area (Å²) in [5, 5.41) is 9.04. The van der Waals surface area contributed by atoms with Crippen molar-refractivity contribution in [1.29, 1.82) is 0 Å². The molecule has 0 unspecified atom stereocenters. The molecule has 0 aliphatic carbocycles. The summed E-state index contributed by atoms with van der Waals surface area (Å²) in [6.07, 6.45) is 6.71. The summed E-state index contributed by atoms with van der Waals surface area (Å²) < 4.78 is 6.21. The molecule has 4 heterocycles. The number of hydrogen-bond acceptors (Lipinski definition) is 5. The van der Waals surface area contributed by atoms with Gasteiger partial charge in [-0.2, -0.15) is 9.47 Å². The fourth-order valence-electron chi connectivity index (χ4n) is 2.01. The molecule has 0 spiro atoms. The van der Waals surface area contributed by atoms with Crippen LogP contribution in [0, 0.1) is 6.20 Å². The molecule has 1 N–H and O–H groups in total. The lowest BCUT2D eigenvalue weighted by atomic mass is 10.1. The van der Waals surface area contributed by atoms with Gasteiger partial charge in [-0.25, -0.2) is 9.67 Å². The van der Waals surface area contributed by atoms with E-state index in [4.69, 9.17) is 0 Å². The molecule has 20 heavy (non-hydrogen) atoms. The number of aromatic nitrogens is 5. The van der Waals surface area contributed by atoms with Crippen LogP contribution in [0.25, 0.3) is 27.8 Å². The van der Waals surface area contributed by atoms with Gasteiger partial charge in [-0.1, -0.05) is 0 Å². The number of aromatic amines is 1. The fourth-order valence-corrected chi connectivity index (χ4v) is 3.12. The van der Waals surface area contributed by atoms with E-state index in [1.807, 2.05) is 35.2 Å². The van der Waals surface area contributed by atoms with Gasteiger partial charge in [0.25, 0.3) is 0 Å². The van der Waals surface area contributed by atoms with Crippen molar-refractivity contribution in [3.8, 4) is 27.8 Å². The quantitative estimate of drug-likeness (QED) is 0.631. The number of hydrogen-bond donors (Lipinski definition) is 1. The average molecular weight is 298 g/mol. The van der Waals surface area contributed by atoms with Gasteiger partial charge in [-0.15, -0.1) is 11.3 Å². The Bertz CT molecular complexity index is 746. The fraction of sp³-hybridized carbons (Fsp3) is 0. The minimum atomic E-state index is 0.807. The molecule has 4 rings (SSSR count). The van der Waals surface area contributed by atoms with Crippen molar-refractivity contribution in [3.05, 3.63) is 47.5 Å². The lowest BCUT2D eigenvalue weighted by molar-refractivity contribution is 0.872. The Balaban J connectivity index is 1.98. The van der Waals surface area contributed by atoms with Crippen LogP contribution in [0.4, 0.5) is 0 Å². The van der Waals surface area contributed by atoms with Gasteiger partial charge in [-0.05, 0) is 29.7 Å². The zero-order chi connectivity index (χ0) is 13.4. The summed E-state index contributed by atoms with van der Waals surface area (Å²) >= 11 is 2.95. The van der Waals surface area contributed by atoms with E-state index in [1.54, 1.807) is 10.9 Å². The summed E-state index contributed by atoms with van der Waals surface area (Å²) in [5.41, 5.74) is 3.65. The van der Waals surface area contributed by atoms with Crippen LogP contribution >= 0.6 is 22.9 Å². The molecular formula is C13H8N5S2. The maximum absolute atomic E-state index is 4.42. The molecule has 1 radical (unpaired) electrons. The molecule has 7 heteroatoms. The van der Waals surface area contributed by atoms with Crippen molar-refractivity contribution in [2.45, 2.75) is 0 Å². The van der Waals surface area contributed by atoms with Gasteiger partial charge in [0.2, 0.25) is 5.13 Å². The molecular weight excluding hydrogens is 290 g/mol. The van der Waals surface area contributed by atoms with Gasteiger partial charge >= 0.3 is 0 Å². The molecule has 4 aromatic heterocycles. The number of nitrogens with one attached hydrogen (secondary N) is 1. The van der Waals surface area contributed by atoms with E-state index >= 15 is 0 Å². The molecule has 0 amide bonds. The molecule has 97 valence electrons. The summed E-state index contributed by atoms with van der Waals surface area (Å²) in [5.74, 6) is 0. The highest BCUT2D eigenvalue weighted by Crippen LogP contribution is 2.32. The predicted octanol–water partition coefficient (Wildman–Crippen LogP) is 3.25. The smallest absolute Gasteiger partial charge is 0.210 e. The Kier molecular flexibility index (Phi) is 2.71. The first-order valence-corrected chi connectivity index (χ1v) is 7.60. The molecule has 4 aromatic rings. The summed E-state index contributed by atoms with van der Waals surface area (Å²) in [6.45, 7) is 0.